The average molecular weight is 363 g/mol. The summed E-state index contributed by atoms with van der Waals surface area (Å²) in [4.78, 5) is 24.7. The zero-order valence-corrected chi connectivity index (χ0v) is 14.9. The molecule has 1 aliphatic carbocycles. The van der Waals surface area contributed by atoms with Crippen molar-refractivity contribution in [2.24, 2.45) is 11.8 Å². The highest BCUT2D eigenvalue weighted by Gasteiger charge is 2.44. The summed E-state index contributed by atoms with van der Waals surface area (Å²) < 4.78 is 19.7. The van der Waals surface area contributed by atoms with Crippen LogP contribution in [0.4, 0.5) is 4.39 Å². The Morgan fingerprint density at radius 2 is 1.88 bits per heavy atom. The first-order valence-corrected chi connectivity index (χ1v) is 9.38. The van der Waals surface area contributed by atoms with E-state index in [1.807, 2.05) is 0 Å². The third-order valence-corrected chi connectivity index (χ3v) is 5.92. The Bertz CT molecular complexity index is 651. The van der Waals surface area contributed by atoms with Gasteiger partial charge in [0, 0.05) is 25.3 Å². The van der Waals surface area contributed by atoms with E-state index in [9.17, 15) is 19.1 Å². The highest BCUT2D eigenvalue weighted by Crippen LogP contribution is 2.42. The topological polar surface area (TPSA) is 75.6 Å². The highest BCUT2D eigenvalue weighted by molar-refractivity contribution is 5.89. The maximum absolute atomic E-state index is 14.4. The van der Waals surface area contributed by atoms with Crippen LogP contribution in [0.15, 0.2) is 24.3 Å². The van der Waals surface area contributed by atoms with Crippen molar-refractivity contribution in [2.75, 3.05) is 19.8 Å². The van der Waals surface area contributed by atoms with E-state index < -0.39 is 17.3 Å². The molecular weight excluding hydrogens is 337 g/mol. The van der Waals surface area contributed by atoms with Crippen molar-refractivity contribution in [3.05, 3.63) is 35.6 Å². The van der Waals surface area contributed by atoms with Crippen LogP contribution in [0.3, 0.4) is 0 Å². The first kappa shape index (κ1) is 18.8. The first-order valence-electron chi connectivity index (χ1n) is 9.38. The van der Waals surface area contributed by atoms with Crippen LogP contribution in [-0.4, -0.2) is 36.7 Å². The highest BCUT2D eigenvalue weighted by atomic mass is 19.1. The van der Waals surface area contributed by atoms with Crippen molar-refractivity contribution in [1.82, 2.24) is 5.32 Å². The van der Waals surface area contributed by atoms with Gasteiger partial charge in [-0.1, -0.05) is 31.0 Å². The third-order valence-electron chi connectivity index (χ3n) is 5.92. The number of hydrogen-bond donors (Lipinski definition) is 2. The quantitative estimate of drug-likeness (QED) is 0.815. The second kappa shape index (κ2) is 8.16. The van der Waals surface area contributed by atoms with Gasteiger partial charge >= 0.3 is 5.97 Å². The molecule has 3 rings (SSSR count). The molecule has 1 amide bonds. The molecule has 0 spiro atoms. The first-order chi connectivity index (χ1) is 12.5. The molecule has 1 heterocycles. The third kappa shape index (κ3) is 3.75. The molecule has 0 aromatic heterocycles. The lowest BCUT2D eigenvalue weighted by molar-refractivity contribution is -0.145. The van der Waals surface area contributed by atoms with Crippen LogP contribution < -0.4 is 5.32 Å². The van der Waals surface area contributed by atoms with Crippen LogP contribution in [0.25, 0.3) is 0 Å². The summed E-state index contributed by atoms with van der Waals surface area (Å²) in [7, 11) is 0. The average Bonchev–Trinajstić information content (AvgIpc) is 3.13. The summed E-state index contributed by atoms with van der Waals surface area (Å²) in [5, 5.41) is 12.4. The van der Waals surface area contributed by atoms with Crippen molar-refractivity contribution in [2.45, 2.75) is 43.9 Å². The minimum Gasteiger partial charge on any atom is -0.481 e. The number of halogens is 1. The number of ether oxygens (including phenoxy) is 1. The summed E-state index contributed by atoms with van der Waals surface area (Å²) >= 11 is 0. The van der Waals surface area contributed by atoms with Crippen LogP contribution in [-0.2, 0) is 19.7 Å². The number of carboxylic acid groups (broad SMARTS) is 1. The van der Waals surface area contributed by atoms with Crippen molar-refractivity contribution in [3.63, 3.8) is 0 Å². The number of hydrogen-bond acceptors (Lipinski definition) is 3. The van der Waals surface area contributed by atoms with Crippen LogP contribution >= 0.6 is 0 Å². The van der Waals surface area contributed by atoms with E-state index in [-0.39, 0.29) is 24.2 Å². The molecule has 1 saturated heterocycles. The van der Waals surface area contributed by atoms with Gasteiger partial charge in [0.05, 0.1) is 11.3 Å². The Labute approximate surface area is 152 Å². The number of amides is 1. The summed E-state index contributed by atoms with van der Waals surface area (Å²) in [6.45, 7) is 1.19. The number of aliphatic carboxylic acids is 1. The van der Waals surface area contributed by atoms with E-state index >= 15 is 0 Å². The fraction of sp³-hybridized carbons (Fsp3) is 0.600. The van der Waals surface area contributed by atoms with Gasteiger partial charge in [-0.05, 0) is 37.7 Å². The molecule has 5 nitrogen and oxygen atoms in total. The Morgan fingerprint density at radius 3 is 2.50 bits per heavy atom. The fourth-order valence-electron chi connectivity index (χ4n) is 4.39. The van der Waals surface area contributed by atoms with Crippen molar-refractivity contribution < 1.29 is 23.8 Å². The fourth-order valence-corrected chi connectivity index (χ4v) is 4.39. The Hall–Kier alpha value is -1.95. The van der Waals surface area contributed by atoms with E-state index in [0.717, 1.165) is 12.8 Å². The van der Waals surface area contributed by atoms with E-state index in [4.69, 9.17) is 4.74 Å². The van der Waals surface area contributed by atoms with Gasteiger partial charge in [0.1, 0.15) is 5.82 Å². The van der Waals surface area contributed by atoms with Crippen molar-refractivity contribution in [1.29, 1.82) is 0 Å². The number of benzene rings is 1. The Morgan fingerprint density at radius 1 is 1.23 bits per heavy atom. The number of carbonyl (C=O) groups is 2. The molecule has 6 heteroatoms. The van der Waals surface area contributed by atoms with Crippen LogP contribution in [0, 0.1) is 17.7 Å². The van der Waals surface area contributed by atoms with E-state index in [0.29, 0.717) is 44.5 Å². The zero-order valence-electron chi connectivity index (χ0n) is 14.9. The number of nitrogens with one attached hydrogen (secondary N) is 1. The van der Waals surface area contributed by atoms with Gasteiger partial charge in [-0.2, -0.15) is 0 Å². The Kier molecular flexibility index (Phi) is 5.91. The Balaban J connectivity index is 1.74. The minimum absolute atomic E-state index is 0.00506. The lowest BCUT2D eigenvalue weighted by Crippen LogP contribution is -2.47. The normalized spacial score (nSPS) is 21.3. The van der Waals surface area contributed by atoms with Crippen LogP contribution in [0.1, 0.15) is 44.1 Å². The van der Waals surface area contributed by atoms with Gasteiger partial charge in [0.25, 0.3) is 0 Å². The molecule has 1 saturated carbocycles. The molecule has 0 bridgehead atoms. The van der Waals surface area contributed by atoms with Gasteiger partial charge in [-0.3, -0.25) is 9.59 Å². The molecule has 1 aliphatic heterocycles. The lowest BCUT2D eigenvalue weighted by atomic mass is 9.77. The second-order valence-electron chi connectivity index (χ2n) is 7.37. The lowest BCUT2D eigenvalue weighted by Gasteiger charge is -2.31. The summed E-state index contributed by atoms with van der Waals surface area (Å²) in [5.74, 6) is -2.16. The number of carboxylic acids is 1. The van der Waals surface area contributed by atoms with Gasteiger partial charge in [-0.25, -0.2) is 4.39 Å². The molecule has 1 aromatic carbocycles. The predicted octanol–water partition coefficient (Wildman–Crippen LogP) is 2.88. The minimum atomic E-state index is -0.899. The van der Waals surface area contributed by atoms with Gasteiger partial charge in [0.15, 0.2) is 0 Å². The molecule has 1 unspecified atom stereocenters. The molecule has 142 valence electrons. The van der Waals surface area contributed by atoms with Gasteiger partial charge in [0.2, 0.25) is 5.91 Å². The summed E-state index contributed by atoms with van der Waals surface area (Å²) in [5.41, 5.74) is -0.461. The molecule has 2 fully saturated rings. The SMILES string of the molecule is O=C(O)C(CNC(=O)C1(c2ccccc2F)CCCC1)C1CCOCC1. The molecule has 2 N–H and O–H groups in total. The second-order valence-corrected chi connectivity index (χ2v) is 7.37. The monoisotopic (exact) mass is 363 g/mol. The summed E-state index contributed by atoms with van der Waals surface area (Å²) in [6, 6.07) is 6.41. The summed E-state index contributed by atoms with van der Waals surface area (Å²) in [6.07, 6.45) is 4.29. The van der Waals surface area contributed by atoms with E-state index in [1.54, 1.807) is 18.2 Å². The van der Waals surface area contributed by atoms with Gasteiger partial charge < -0.3 is 15.2 Å². The van der Waals surface area contributed by atoms with Gasteiger partial charge in [-0.15, -0.1) is 0 Å². The van der Waals surface area contributed by atoms with Crippen molar-refractivity contribution in [3.8, 4) is 0 Å². The molecule has 26 heavy (non-hydrogen) atoms. The van der Waals surface area contributed by atoms with Crippen LogP contribution in [0.2, 0.25) is 0 Å². The smallest absolute Gasteiger partial charge is 0.308 e. The van der Waals surface area contributed by atoms with Crippen LogP contribution in [0.5, 0.6) is 0 Å². The van der Waals surface area contributed by atoms with E-state index in [1.165, 1.54) is 6.07 Å². The van der Waals surface area contributed by atoms with E-state index in [2.05, 4.69) is 5.32 Å². The molecule has 2 aliphatic rings. The molecule has 1 aromatic rings. The maximum Gasteiger partial charge on any atom is 0.308 e. The predicted molar refractivity (Wildman–Crippen MR) is 94.2 cm³/mol. The largest absolute Gasteiger partial charge is 0.481 e. The molecular formula is C20H26FNO4. The number of rotatable bonds is 6. The number of carbonyl (C=O) groups excluding carboxylic acids is 1. The van der Waals surface area contributed by atoms with Crippen molar-refractivity contribution >= 4 is 11.9 Å². The molecule has 0 radical (unpaired) electrons. The maximum atomic E-state index is 14.4. The zero-order chi connectivity index (χ0) is 18.6. The molecule has 1 atom stereocenters. The standard InChI is InChI=1S/C20H26FNO4/c21-17-6-2-1-5-16(17)20(9-3-4-10-20)19(25)22-13-15(18(23)24)14-7-11-26-12-8-14/h1-2,5-6,14-15H,3-4,7-13H2,(H,22,25)(H,23,24).